The largest absolute Gasteiger partial charge is 2.00 e. The molecule has 0 radical (unpaired) electrons. The molecule has 0 spiro atoms. The zero-order valence-corrected chi connectivity index (χ0v) is 8.32. The molecule has 1 N–H and O–H groups in total. The molecule has 0 amide bonds. The second-order valence-electron chi connectivity index (χ2n) is 1.42. The second-order valence-corrected chi connectivity index (χ2v) is 2.98. The maximum atomic E-state index is 10.2. The third kappa shape index (κ3) is 12.2. The van der Waals surface area contributed by atoms with Gasteiger partial charge in [-0.2, -0.15) is 0 Å². The van der Waals surface area contributed by atoms with Gasteiger partial charge in [-0.15, -0.1) is 0 Å². The molecule has 1 unspecified atom stereocenters. The van der Waals surface area contributed by atoms with E-state index in [1.807, 2.05) is 0 Å². The van der Waals surface area contributed by atoms with Crippen LogP contribution in [-0.2, 0) is 15.6 Å². The number of carbonyl (C=O) groups is 1. The minimum atomic E-state index is -0.967. The van der Waals surface area contributed by atoms with Crippen molar-refractivity contribution in [3.05, 3.63) is 0 Å². The Kier molecular flexibility index (Phi) is 9.75. The van der Waals surface area contributed by atoms with Crippen LogP contribution in [0.15, 0.2) is 0 Å². The molecule has 0 aromatic rings. The summed E-state index contributed by atoms with van der Waals surface area (Å²) in [7, 11) is -0.967. The Labute approximate surface area is 89.2 Å². The Morgan fingerprint density at radius 1 is 1.78 bits per heavy atom. The minimum absolute atomic E-state index is 0. The van der Waals surface area contributed by atoms with E-state index in [0.717, 1.165) is 0 Å². The van der Waals surface area contributed by atoms with Crippen molar-refractivity contribution in [2.45, 2.75) is 6.42 Å². The molecular formula is C4H10CaO3S. The van der Waals surface area contributed by atoms with Gasteiger partial charge < -0.3 is 7.96 Å². The SMILES string of the molecule is CS(=O)CCC(=O)O.[Ca+2].[H-].[H-]. The van der Waals surface area contributed by atoms with E-state index in [9.17, 15) is 9.00 Å². The summed E-state index contributed by atoms with van der Waals surface area (Å²) in [4.78, 5) is 9.77. The Balaban J connectivity index is -0.0000000817. The molecule has 0 rings (SSSR count). The molecule has 0 saturated heterocycles. The van der Waals surface area contributed by atoms with Crippen molar-refractivity contribution in [1.82, 2.24) is 0 Å². The topological polar surface area (TPSA) is 54.4 Å². The van der Waals surface area contributed by atoms with Crippen molar-refractivity contribution in [3.8, 4) is 0 Å². The van der Waals surface area contributed by atoms with E-state index in [0.29, 0.717) is 0 Å². The number of carboxylic acids is 1. The van der Waals surface area contributed by atoms with E-state index in [1.165, 1.54) is 6.26 Å². The number of rotatable bonds is 3. The van der Waals surface area contributed by atoms with Crippen molar-refractivity contribution in [2.75, 3.05) is 12.0 Å². The van der Waals surface area contributed by atoms with Crippen molar-refractivity contribution < 1.29 is 17.0 Å². The van der Waals surface area contributed by atoms with Crippen molar-refractivity contribution in [1.29, 1.82) is 0 Å². The number of carboxylic acid groups (broad SMARTS) is 1. The third-order valence-electron chi connectivity index (χ3n) is 0.603. The summed E-state index contributed by atoms with van der Waals surface area (Å²) in [6.45, 7) is 0. The molecule has 0 aromatic carbocycles. The predicted octanol–water partition coefficient (Wildman–Crippen LogP) is -0.316. The minimum Gasteiger partial charge on any atom is -1.00 e. The van der Waals surface area contributed by atoms with E-state index in [1.54, 1.807) is 0 Å². The fourth-order valence-corrected chi connectivity index (χ4v) is 0.693. The fraction of sp³-hybridized carbons (Fsp3) is 0.750. The summed E-state index contributed by atoms with van der Waals surface area (Å²) < 4.78 is 10.2. The summed E-state index contributed by atoms with van der Waals surface area (Å²) in [5.74, 6) is -0.629. The quantitative estimate of drug-likeness (QED) is 0.603. The summed E-state index contributed by atoms with van der Waals surface area (Å²) in [5.41, 5.74) is 0. The molecule has 5 heteroatoms. The van der Waals surface area contributed by atoms with Gasteiger partial charge in [-0.25, -0.2) is 0 Å². The molecule has 0 aliphatic carbocycles. The van der Waals surface area contributed by atoms with Crippen molar-refractivity contribution >= 4 is 54.5 Å². The average Bonchev–Trinajstić information content (AvgIpc) is 1.61. The van der Waals surface area contributed by atoms with E-state index >= 15 is 0 Å². The molecule has 0 aliphatic rings. The van der Waals surface area contributed by atoms with Crippen molar-refractivity contribution in [3.63, 3.8) is 0 Å². The predicted molar refractivity (Wildman–Crippen MR) is 39.2 cm³/mol. The van der Waals surface area contributed by atoms with Gasteiger partial charge in [-0.05, 0) is 0 Å². The maximum Gasteiger partial charge on any atom is 2.00 e. The molecular weight excluding hydrogens is 168 g/mol. The van der Waals surface area contributed by atoms with Gasteiger partial charge in [0.2, 0.25) is 0 Å². The molecule has 0 aliphatic heterocycles. The Morgan fingerprint density at radius 2 is 2.22 bits per heavy atom. The molecule has 0 saturated carbocycles. The van der Waals surface area contributed by atoms with E-state index in [-0.39, 0.29) is 52.8 Å². The summed E-state index contributed by atoms with van der Waals surface area (Å²) >= 11 is 0. The first-order valence-corrected chi connectivity index (χ1v) is 3.87. The van der Waals surface area contributed by atoms with Crippen LogP contribution >= 0.6 is 0 Å². The monoisotopic (exact) mass is 178 g/mol. The van der Waals surface area contributed by atoms with Gasteiger partial charge in [0.1, 0.15) is 0 Å². The van der Waals surface area contributed by atoms with Crippen LogP contribution in [0.2, 0.25) is 0 Å². The zero-order chi connectivity index (χ0) is 6.57. The summed E-state index contributed by atoms with van der Waals surface area (Å²) in [6.07, 6.45) is 1.49. The first kappa shape index (κ1) is 12.5. The second kappa shape index (κ2) is 6.99. The van der Waals surface area contributed by atoms with Crippen LogP contribution in [0.3, 0.4) is 0 Å². The van der Waals surface area contributed by atoms with Gasteiger partial charge in [-0.3, -0.25) is 9.00 Å². The van der Waals surface area contributed by atoms with Crippen LogP contribution in [0, 0.1) is 0 Å². The first-order chi connectivity index (χ1) is 3.63. The standard InChI is InChI=1S/C4H8O3S.Ca.2H/c1-8(7)3-2-4(5)6;;;/h2-3H2,1H3,(H,5,6);;;/q;+2;2*-1. The smallest absolute Gasteiger partial charge is 1.00 e. The van der Waals surface area contributed by atoms with Crippen LogP contribution in [-0.4, -0.2) is 65.0 Å². The van der Waals surface area contributed by atoms with E-state index < -0.39 is 16.8 Å². The molecule has 52 valence electrons. The Bertz CT molecular complexity index is 108. The molecule has 1 atom stereocenters. The molecule has 0 bridgehead atoms. The summed E-state index contributed by atoms with van der Waals surface area (Å²) in [6, 6.07) is 0. The van der Waals surface area contributed by atoms with Gasteiger partial charge in [0.15, 0.2) is 0 Å². The van der Waals surface area contributed by atoms with Crippen LogP contribution in [0.5, 0.6) is 0 Å². The Morgan fingerprint density at radius 3 is 2.33 bits per heavy atom. The van der Waals surface area contributed by atoms with Gasteiger partial charge in [0, 0.05) is 22.8 Å². The summed E-state index contributed by atoms with van der Waals surface area (Å²) in [5, 5.41) is 8.03. The number of hydrogen-bond donors (Lipinski definition) is 1. The van der Waals surface area contributed by atoms with Crippen LogP contribution in [0.4, 0.5) is 0 Å². The normalized spacial score (nSPS) is 11.7. The van der Waals surface area contributed by atoms with Gasteiger partial charge in [0.05, 0.1) is 6.42 Å². The molecule has 3 nitrogen and oxygen atoms in total. The number of aliphatic carboxylic acids is 1. The fourth-order valence-electron chi connectivity index (χ4n) is 0.231. The van der Waals surface area contributed by atoms with Gasteiger partial charge >= 0.3 is 43.7 Å². The molecule has 9 heavy (non-hydrogen) atoms. The van der Waals surface area contributed by atoms with Crippen LogP contribution < -0.4 is 0 Å². The Hall–Kier alpha value is 0.880. The van der Waals surface area contributed by atoms with Crippen LogP contribution in [0.1, 0.15) is 9.27 Å². The average molecular weight is 178 g/mol. The van der Waals surface area contributed by atoms with E-state index in [2.05, 4.69) is 0 Å². The number of hydrogen-bond acceptors (Lipinski definition) is 2. The maximum absolute atomic E-state index is 10.2. The van der Waals surface area contributed by atoms with Gasteiger partial charge in [-0.1, -0.05) is 0 Å². The third-order valence-corrected chi connectivity index (χ3v) is 1.38. The van der Waals surface area contributed by atoms with Gasteiger partial charge in [0.25, 0.3) is 0 Å². The van der Waals surface area contributed by atoms with E-state index in [4.69, 9.17) is 5.11 Å². The molecule has 0 fully saturated rings. The molecule has 0 heterocycles. The molecule has 0 aromatic heterocycles. The van der Waals surface area contributed by atoms with Crippen molar-refractivity contribution in [2.24, 2.45) is 0 Å². The first-order valence-electron chi connectivity index (χ1n) is 2.14. The van der Waals surface area contributed by atoms with Crippen LogP contribution in [0.25, 0.3) is 0 Å². The zero-order valence-electron chi connectivity index (χ0n) is 7.29.